The standard InChI is InChI=1S/C11H9BrN2O6S/c1-19-10-6(3-2-4-13-10)14-21(17,18)8-5-7(11(15)16)20-9(8)12/h2-5,14H,1H3,(H,15,16). The maximum absolute atomic E-state index is 12.2. The van der Waals surface area contributed by atoms with Gasteiger partial charge in [-0.05, 0) is 28.1 Å². The van der Waals surface area contributed by atoms with Gasteiger partial charge < -0.3 is 14.3 Å². The van der Waals surface area contributed by atoms with Crippen LogP contribution in [0.2, 0.25) is 0 Å². The number of carboxylic acids is 1. The van der Waals surface area contributed by atoms with E-state index in [0.29, 0.717) is 0 Å². The van der Waals surface area contributed by atoms with Crippen LogP contribution in [0.15, 0.2) is 38.4 Å². The minimum absolute atomic E-state index is 0.0825. The number of sulfonamides is 1. The molecule has 0 radical (unpaired) electrons. The molecule has 2 rings (SSSR count). The maximum atomic E-state index is 12.2. The summed E-state index contributed by atoms with van der Waals surface area (Å²) in [7, 11) is -2.72. The molecular formula is C11H9BrN2O6S. The molecule has 0 saturated heterocycles. The van der Waals surface area contributed by atoms with Crippen molar-refractivity contribution >= 4 is 37.6 Å². The number of pyridine rings is 1. The number of carboxylic acid groups (broad SMARTS) is 1. The largest absolute Gasteiger partial charge is 0.480 e. The number of furan rings is 1. The van der Waals surface area contributed by atoms with E-state index in [1.165, 1.54) is 25.4 Å². The minimum Gasteiger partial charge on any atom is -0.480 e. The molecule has 8 nitrogen and oxygen atoms in total. The highest BCUT2D eigenvalue weighted by Crippen LogP contribution is 2.29. The number of hydrogen-bond acceptors (Lipinski definition) is 6. The van der Waals surface area contributed by atoms with Crippen molar-refractivity contribution in [2.75, 3.05) is 11.8 Å². The number of carbonyl (C=O) groups is 1. The Morgan fingerprint density at radius 1 is 1.52 bits per heavy atom. The van der Waals surface area contributed by atoms with E-state index >= 15 is 0 Å². The third-order valence-corrected chi connectivity index (χ3v) is 4.59. The number of nitrogens with zero attached hydrogens (tertiary/aromatic N) is 1. The predicted octanol–water partition coefficient (Wildman–Crippen LogP) is 1.94. The number of hydrogen-bond donors (Lipinski definition) is 2. The van der Waals surface area contributed by atoms with Crippen molar-refractivity contribution in [3.05, 3.63) is 34.8 Å². The molecule has 0 aliphatic heterocycles. The van der Waals surface area contributed by atoms with Crippen LogP contribution >= 0.6 is 15.9 Å². The van der Waals surface area contributed by atoms with Gasteiger partial charge in [0.15, 0.2) is 4.67 Å². The Morgan fingerprint density at radius 3 is 2.81 bits per heavy atom. The lowest BCUT2D eigenvalue weighted by Crippen LogP contribution is -2.13. The second kappa shape index (κ2) is 5.74. The maximum Gasteiger partial charge on any atom is 0.371 e. The summed E-state index contributed by atoms with van der Waals surface area (Å²) in [5, 5.41) is 8.80. The zero-order valence-corrected chi connectivity index (χ0v) is 12.9. The first-order valence-electron chi connectivity index (χ1n) is 5.39. The van der Waals surface area contributed by atoms with E-state index in [2.05, 4.69) is 25.6 Å². The molecule has 0 amide bonds. The number of ether oxygens (including phenoxy) is 1. The molecule has 0 saturated carbocycles. The summed E-state index contributed by atoms with van der Waals surface area (Å²) < 4.78 is 36.3. The summed E-state index contributed by atoms with van der Waals surface area (Å²) >= 11 is 2.87. The molecule has 2 aromatic heterocycles. The first-order valence-corrected chi connectivity index (χ1v) is 7.67. The summed E-state index contributed by atoms with van der Waals surface area (Å²) in [6.07, 6.45) is 1.44. The molecule has 2 N–H and O–H groups in total. The summed E-state index contributed by atoms with van der Waals surface area (Å²) in [5.41, 5.74) is 0.116. The molecule has 21 heavy (non-hydrogen) atoms. The molecule has 0 spiro atoms. The van der Waals surface area contributed by atoms with Gasteiger partial charge in [-0.1, -0.05) is 0 Å². The van der Waals surface area contributed by atoms with Crippen LogP contribution in [0.3, 0.4) is 0 Å². The summed E-state index contributed by atoms with van der Waals surface area (Å²) in [5.74, 6) is -1.80. The van der Waals surface area contributed by atoms with Gasteiger partial charge in [-0.25, -0.2) is 18.2 Å². The van der Waals surface area contributed by atoms with E-state index in [1.807, 2.05) is 0 Å². The van der Waals surface area contributed by atoms with Gasteiger partial charge in [0, 0.05) is 12.3 Å². The van der Waals surface area contributed by atoms with Crippen molar-refractivity contribution in [3.63, 3.8) is 0 Å². The third-order valence-electron chi connectivity index (χ3n) is 2.36. The van der Waals surface area contributed by atoms with Crippen molar-refractivity contribution in [1.29, 1.82) is 0 Å². The molecule has 0 aromatic carbocycles. The number of aromatic nitrogens is 1. The average Bonchev–Trinajstić information content (AvgIpc) is 2.82. The summed E-state index contributed by atoms with van der Waals surface area (Å²) in [6, 6.07) is 3.88. The fraction of sp³-hybridized carbons (Fsp3) is 0.0909. The normalized spacial score (nSPS) is 11.1. The number of methoxy groups -OCH3 is 1. The molecular weight excluding hydrogens is 368 g/mol. The Morgan fingerprint density at radius 2 is 2.24 bits per heavy atom. The van der Waals surface area contributed by atoms with Crippen molar-refractivity contribution in [3.8, 4) is 5.88 Å². The molecule has 0 aliphatic carbocycles. The van der Waals surface area contributed by atoms with Gasteiger partial charge in [0.05, 0.1) is 7.11 Å². The number of rotatable bonds is 5. The number of halogens is 1. The Kier molecular flexibility index (Phi) is 4.19. The summed E-state index contributed by atoms with van der Waals surface area (Å²) in [6.45, 7) is 0. The molecule has 10 heteroatoms. The molecule has 0 bridgehead atoms. The lowest BCUT2D eigenvalue weighted by molar-refractivity contribution is 0.0661. The van der Waals surface area contributed by atoms with E-state index in [-0.39, 0.29) is 21.1 Å². The Bertz CT molecular complexity index is 786. The quantitative estimate of drug-likeness (QED) is 0.817. The molecule has 0 aliphatic rings. The molecule has 2 heterocycles. The molecule has 0 unspecified atom stereocenters. The van der Waals surface area contributed by atoms with Crippen LogP contribution in [-0.2, 0) is 10.0 Å². The van der Waals surface area contributed by atoms with Gasteiger partial charge in [-0.15, -0.1) is 0 Å². The van der Waals surface area contributed by atoms with Crippen LogP contribution in [0, 0.1) is 0 Å². The van der Waals surface area contributed by atoms with Crippen LogP contribution < -0.4 is 9.46 Å². The fourth-order valence-corrected chi connectivity index (χ4v) is 3.47. The van der Waals surface area contributed by atoms with Gasteiger partial charge in [0.25, 0.3) is 10.0 Å². The first-order chi connectivity index (χ1) is 9.85. The lowest BCUT2D eigenvalue weighted by atomic mass is 10.4. The van der Waals surface area contributed by atoms with Gasteiger partial charge in [0.2, 0.25) is 11.6 Å². The minimum atomic E-state index is -4.06. The van der Waals surface area contributed by atoms with Gasteiger partial charge >= 0.3 is 5.97 Å². The number of anilines is 1. The van der Waals surface area contributed by atoms with E-state index in [9.17, 15) is 13.2 Å². The fourth-order valence-electron chi connectivity index (χ4n) is 1.47. The monoisotopic (exact) mass is 376 g/mol. The highest BCUT2D eigenvalue weighted by atomic mass is 79.9. The SMILES string of the molecule is COc1ncccc1NS(=O)(=O)c1cc(C(=O)O)oc1Br. The van der Waals surface area contributed by atoms with Crippen LogP contribution in [-0.4, -0.2) is 31.6 Å². The van der Waals surface area contributed by atoms with Gasteiger partial charge in [-0.2, -0.15) is 0 Å². The predicted molar refractivity (Wildman–Crippen MR) is 75.0 cm³/mol. The van der Waals surface area contributed by atoms with Crippen LogP contribution in [0.1, 0.15) is 10.6 Å². The Labute approximate surface area is 127 Å². The number of nitrogens with one attached hydrogen (secondary N) is 1. The number of aromatic carboxylic acids is 1. The van der Waals surface area contributed by atoms with Crippen LogP contribution in [0.25, 0.3) is 0 Å². The van der Waals surface area contributed by atoms with E-state index in [0.717, 1.165) is 6.07 Å². The second-order valence-electron chi connectivity index (χ2n) is 3.72. The zero-order valence-electron chi connectivity index (χ0n) is 10.5. The second-order valence-corrected chi connectivity index (χ2v) is 6.09. The van der Waals surface area contributed by atoms with Crippen LogP contribution in [0.4, 0.5) is 5.69 Å². The van der Waals surface area contributed by atoms with Crippen molar-refractivity contribution in [1.82, 2.24) is 4.98 Å². The van der Waals surface area contributed by atoms with E-state index < -0.39 is 21.8 Å². The zero-order chi connectivity index (χ0) is 15.6. The van der Waals surface area contributed by atoms with Crippen molar-refractivity contribution in [2.24, 2.45) is 0 Å². The van der Waals surface area contributed by atoms with Gasteiger partial charge in [-0.3, -0.25) is 4.72 Å². The molecule has 112 valence electrons. The molecule has 0 fully saturated rings. The highest BCUT2D eigenvalue weighted by Gasteiger charge is 2.26. The average molecular weight is 377 g/mol. The first kappa shape index (κ1) is 15.3. The summed E-state index contributed by atoms with van der Waals surface area (Å²) in [4.78, 5) is 14.3. The molecule has 0 atom stereocenters. The smallest absolute Gasteiger partial charge is 0.371 e. The van der Waals surface area contributed by atoms with Crippen molar-refractivity contribution < 1.29 is 27.5 Å². The van der Waals surface area contributed by atoms with E-state index in [1.54, 1.807) is 0 Å². The highest BCUT2D eigenvalue weighted by molar-refractivity contribution is 9.10. The van der Waals surface area contributed by atoms with Gasteiger partial charge in [0.1, 0.15) is 10.6 Å². The van der Waals surface area contributed by atoms with E-state index in [4.69, 9.17) is 14.3 Å². The topological polar surface area (TPSA) is 119 Å². The Balaban J connectivity index is 2.41. The Hall–Kier alpha value is -2.07. The van der Waals surface area contributed by atoms with Crippen LogP contribution in [0.5, 0.6) is 5.88 Å². The third kappa shape index (κ3) is 3.16. The van der Waals surface area contributed by atoms with Crippen molar-refractivity contribution in [2.45, 2.75) is 4.90 Å². The molecule has 2 aromatic rings. The lowest BCUT2D eigenvalue weighted by Gasteiger charge is -2.09.